The molecule has 3 heteroatoms. The highest BCUT2D eigenvalue weighted by molar-refractivity contribution is 5.64. The number of benzene rings is 2. The molecule has 0 saturated heterocycles. The number of nitrogens with zero attached hydrogens (tertiary/aromatic N) is 1. The van der Waals surface area contributed by atoms with Crippen LogP contribution in [0.4, 0.5) is 11.4 Å². The molecule has 3 nitrogen and oxygen atoms in total. The summed E-state index contributed by atoms with van der Waals surface area (Å²) in [6, 6.07) is 14.5. The van der Waals surface area contributed by atoms with Crippen molar-refractivity contribution in [3.8, 4) is 5.75 Å². The number of nitrogens with two attached hydrogens (primary N) is 1. The van der Waals surface area contributed by atoms with Crippen molar-refractivity contribution >= 4 is 11.4 Å². The molecular weight excluding hydrogens is 260 g/mol. The van der Waals surface area contributed by atoms with Crippen LogP contribution in [-0.4, -0.2) is 19.7 Å². The number of anilines is 2. The molecule has 0 bridgehead atoms. The summed E-state index contributed by atoms with van der Waals surface area (Å²) in [5.74, 6) is 1.01. The summed E-state index contributed by atoms with van der Waals surface area (Å²) in [7, 11) is 0. The molecule has 2 aromatic rings. The van der Waals surface area contributed by atoms with Crippen LogP contribution in [-0.2, 0) is 12.8 Å². The van der Waals surface area contributed by atoms with Crippen LogP contribution in [0.25, 0.3) is 0 Å². The molecule has 0 atom stereocenters. The Kier molecular flexibility index (Phi) is 4.00. The van der Waals surface area contributed by atoms with Gasteiger partial charge in [0.25, 0.3) is 0 Å². The second-order valence-electron chi connectivity index (χ2n) is 5.43. The molecule has 0 unspecified atom stereocenters. The number of hydrogen-bond donors (Lipinski definition) is 1. The van der Waals surface area contributed by atoms with Crippen molar-refractivity contribution in [2.75, 3.05) is 30.3 Å². The predicted molar refractivity (Wildman–Crippen MR) is 88.1 cm³/mol. The normalized spacial score (nSPS) is 13.3. The fourth-order valence-corrected chi connectivity index (χ4v) is 2.90. The molecular formula is C18H22N2O. The Labute approximate surface area is 126 Å². The van der Waals surface area contributed by atoms with Gasteiger partial charge in [-0.2, -0.15) is 0 Å². The van der Waals surface area contributed by atoms with Crippen molar-refractivity contribution in [3.63, 3.8) is 0 Å². The average molecular weight is 282 g/mol. The Morgan fingerprint density at radius 2 is 2.05 bits per heavy atom. The Morgan fingerprint density at radius 3 is 2.90 bits per heavy atom. The molecule has 1 aliphatic rings. The Balaban J connectivity index is 1.61. The van der Waals surface area contributed by atoms with Crippen LogP contribution in [0.5, 0.6) is 5.75 Å². The summed E-state index contributed by atoms with van der Waals surface area (Å²) < 4.78 is 5.96. The SMILES string of the molecule is CCc1ccccc1OCCN1CCc2ccc(N)cc21. The number of aryl methyl sites for hydroxylation is 1. The van der Waals surface area contributed by atoms with Crippen molar-refractivity contribution in [3.05, 3.63) is 53.6 Å². The molecule has 3 rings (SSSR count). The maximum Gasteiger partial charge on any atom is 0.122 e. The van der Waals surface area contributed by atoms with Crippen LogP contribution < -0.4 is 15.4 Å². The zero-order valence-electron chi connectivity index (χ0n) is 12.5. The Morgan fingerprint density at radius 1 is 1.19 bits per heavy atom. The van der Waals surface area contributed by atoms with E-state index in [9.17, 15) is 0 Å². The largest absolute Gasteiger partial charge is 0.491 e. The molecule has 0 amide bonds. The lowest BCUT2D eigenvalue weighted by atomic mass is 10.1. The smallest absolute Gasteiger partial charge is 0.122 e. The number of para-hydroxylation sites is 1. The zero-order valence-corrected chi connectivity index (χ0v) is 12.5. The van der Waals surface area contributed by atoms with E-state index in [0.29, 0.717) is 6.61 Å². The lowest BCUT2D eigenvalue weighted by molar-refractivity contribution is 0.321. The van der Waals surface area contributed by atoms with Gasteiger partial charge in [0.15, 0.2) is 0 Å². The van der Waals surface area contributed by atoms with E-state index in [1.165, 1.54) is 16.8 Å². The highest BCUT2D eigenvalue weighted by Crippen LogP contribution is 2.29. The Bertz CT molecular complexity index is 624. The summed E-state index contributed by atoms with van der Waals surface area (Å²) in [5, 5.41) is 0. The quantitative estimate of drug-likeness (QED) is 0.855. The predicted octanol–water partition coefficient (Wildman–Crippen LogP) is 3.27. The van der Waals surface area contributed by atoms with Crippen LogP contribution in [0.1, 0.15) is 18.1 Å². The first-order valence-corrected chi connectivity index (χ1v) is 7.62. The fraction of sp³-hybridized carbons (Fsp3) is 0.333. The van der Waals surface area contributed by atoms with Gasteiger partial charge in [0, 0.05) is 17.9 Å². The number of fused-ring (bicyclic) bond motifs is 1. The molecule has 0 spiro atoms. The zero-order chi connectivity index (χ0) is 14.7. The summed E-state index contributed by atoms with van der Waals surface area (Å²) in [4.78, 5) is 2.36. The van der Waals surface area contributed by atoms with Crippen molar-refractivity contribution in [1.82, 2.24) is 0 Å². The van der Waals surface area contributed by atoms with E-state index >= 15 is 0 Å². The van der Waals surface area contributed by atoms with E-state index in [4.69, 9.17) is 10.5 Å². The van der Waals surface area contributed by atoms with Crippen molar-refractivity contribution < 1.29 is 4.74 Å². The second kappa shape index (κ2) is 6.08. The molecule has 1 aliphatic heterocycles. The van der Waals surface area contributed by atoms with Crippen LogP contribution in [0, 0.1) is 0 Å². The van der Waals surface area contributed by atoms with Crippen molar-refractivity contribution in [2.45, 2.75) is 19.8 Å². The minimum atomic E-state index is 0.700. The molecule has 110 valence electrons. The van der Waals surface area contributed by atoms with Gasteiger partial charge in [-0.15, -0.1) is 0 Å². The summed E-state index contributed by atoms with van der Waals surface area (Å²) in [5.41, 5.74) is 10.6. The van der Waals surface area contributed by atoms with Crippen molar-refractivity contribution in [1.29, 1.82) is 0 Å². The fourth-order valence-electron chi connectivity index (χ4n) is 2.90. The highest BCUT2D eigenvalue weighted by atomic mass is 16.5. The second-order valence-corrected chi connectivity index (χ2v) is 5.43. The lowest BCUT2D eigenvalue weighted by Gasteiger charge is -2.20. The van der Waals surface area contributed by atoms with Gasteiger partial charge in [0.05, 0.1) is 6.54 Å². The van der Waals surface area contributed by atoms with Crippen LogP contribution in [0.3, 0.4) is 0 Å². The Hall–Kier alpha value is -2.16. The molecule has 0 fully saturated rings. The number of rotatable bonds is 5. The maximum absolute atomic E-state index is 5.96. The minimum absolute atomic E-state index is 0.700. The highest BCUT2D eigenvalue weighted by Gasteiger charge is 2.18. The van der Waals surface area contributed by atoms with Gasteiger partial charge in [-0.3, -0.25) is 0 Å². The topological polar surface area (TPSA) is 38.5 Å². The number of hydrogen-bond acceptors (Lipinski definition) is 3. The maximum atomic E-state index is 5.96. The molecule has 2 aromatic carbocycles. The van der Waals surface area contributed by atoms with E-state index in [-0.39, 0.29) is 0 Å². The van der Waals surface area contributed by atoms with E-state index in [1.807, 2.05) is 12.1 Å². The molecule has 2 N–H and O–H groups in total. The van der Waals surface area contributed by atoms with E-state index < -0.39 is 0 Å². The summed E-state index contributed by atoms with van der Waals surface area (Å²) >= 11 is 0. The van der Waals surface area contributed by atoms with Gasteiger partial charge in [-0.05, 0) is 42.2 Å². The number of ether oxygens (including phenoxy) is 1. The molecule has 0 radical (unpaired) electrons. The van der Waals surface area contributed by atoms with Gasteiger partial charge >= 0.3 is 0 Å². The molecule has 0 aromatic heterocycles. The van der Waals surface area contributed by atoms with Gasteiger partial charge in [-0.25, -0.2) is 0 Å². The van der Waals surface area contributed by atoms with Crippen LogP contribution >= 0.6 is 0 Å². The van der Waals surface area contributed by atoms with Crippen LogP contribution in [0.2, 0.25) is 0 Å². The summed E-state index contributed by atoms with van der Waals surface area (Å²) in [6.07, 6.45) is 2.10. The number of nitrogen functional groups attached to an aromatic ring is 1. The van der Waals surface area contributed by atoms with E-state index in [1.54, 1.807) is 0 Å². The van der Waals surface area contributed by atoms with Gasteiger partial charge in [0.2, 0.25) is 0 Å². The van der Waals surface area contributed by atoms with E-state index in [2.05, 4.69) is 42.2 Å². The molecule has 21 heavy (non-hydrogen) atoms. The third kappa shape index (κ3) is 2.97. The van der Waals surface area contributed by atoms with Gasteiger partial charge in [0.1, 0.15) is 12.4 Å². The third-order valence-electron chi connectivity index (χ3n) is 4.07. The first-order chi connectivity index (χ1) is 10.3. The lowest BCUT2D eigenvalue weighted by Crippen LogP contribution is -2.26. The van der Waals surface area contributed by atoms with Gasteiger partial charge < -0.3 is 15.4 Å². The first kappa shape index (κ1) is 13.8. The first-order valence-electron chi connectivity index (χ1n) is 7.62. The average Bonchev–Trinajstić information content (AvgIpc) is 2.90. The standard InChI is InChI=1S/C18H22N2O/c1-2-14-5-3-4-6-18(14)21-12-11-20-10-9-15-7-8-16(19)13-17(15)20/h3-8,13H,2,9-12,19H2,1H3. The molecule has 0 aliphatic carbocycles. The third-order valence-corrected chi connectivity index (χ3v) is 4.07. The van der Waals surface area contributed by atoms with E-state index in [0.717, 1.165) is 37.4 Å². The van der Waals surface area contributed by atoms with Crippen LogP contribution in [0.15, 0.2) is 42.5 Å². The molecule has 1 heterocycles. The minimum Gasteiger partial charge on any atom is -0.491 e. The summed E-state index contributed by atoms with van der Waals surface area (Å²) in [6.45, 7) is 4.80. The van der Waals surface area contributed by atoms with Crippen molar-refractivity contribution in [2.24, 2.45) is 0 Å². The monoisotopic (exact) mass is 282 g/mol. The van der Waals surface area contributed by atoms with Gasteiger partial charge in [-0.1, -0.05) is 31.2 Å². The molecule has 0 saturated carbocycles.